The zero-order chi connectivity index (χ0) is 26.2. The predicted octanol–water partition coefficient (Wildman–Crippen LogP) is 3.86. The van der Waals surface area contributed by atoms with Crippen molar-refractivity contribution in [1.82, 2.24) is 19.8 Å². The van der Waals surface area contributed by atoms with E-state index in [1.807, 2.05) is 4.90 Å². The van der Waals surface area contributed by atoms with Crippen molar-refractivity contribution in [1.29, 1.82) is 0 Å². The van der Waals surface area contributed by atoms with E-state index < -0.39 is 30.4 Å². The molecule has 3 aliphatic rings. The molecule has 2 fully saturated rings. The number of hydrogen-bond donors (Lipinski definition) is 1. The van der Waals surface area contributed by atoms with Gasteiger partial charge in [0, 0.05) is 49.6 Å². The number of halogens is 4. The van der Waals surface area contributed by atoms with Gasteiger partial charge in [-0.3, -0.25) is 4.79 Å². The fourth-order valence-electron chi connectivity index (χ4n) is 5.42. The van der Waals surface area contributed by atoms with Crippen molar-refractivity contribution in [2.24, 2.45) is 11.3 Å². The minimum atomic E-state index is -4.57. The van der Waals surface area contributed by atoms with Gasteiger partial charge in [0.25, 0.3) is 0 Å². The summed E-state index contributed by atoms with van der Waals surface area (Å²) in [5.74, 6) is -1.30. The number of nitrogens with zero attached hydrogens (tertiary/aromatic N) is 3. The fraction of sp³-hybridized carbons (Fsp3) is 0.560. The molecule has 1 atom stereocenters. The van der Waals surface area contributed by atoms with Gasteiger partial charge in [-0.1, -0.05) is 6.07 Å². The Labute approximate surface area is 210 Å². The second-order valence-corrected chi connectivity index (χ2v) is 10.2. The summed E-state index contributed by atoms with van der Waals surface area (Å²) in [7, 11) is 0. The molecule has 2 amide bonds. The smallest absolute Gasteiger partial charge is 0.422 e. The summed E-state index contributed by atoms with van der Waals surface area (Å²) in [5.41, 5.74) is 2.44. The number of amides is 2. The van der Waals surface area contributed by atoms with E-state index in [2.05, 4.69) is 14.7 Å². The van der Waals surface area contributed by atoms with E-state index in [0.29, 0.717) is 38.2 Å². The van der Waals surface area contributed by atoms with E-state index in [4.69, 9.17) is 4.74 Å². The summed E-state index contributed by atoms with van der Waals surface area (Å²) in [5, 5.41) is 0. The number of carbonyl (C=O) groups is 2. The Hall–Kier alpha value is -3.31. The van der Waals surface area contributed by atoms with E-state index in [-0.39, 0.29) is 23.8 Å². The van der Waals surface area contributed by atoms with Gasteiger partial charge in [0.15, 0.2) is 18.2 Å². The molecule has 12 heteroatoms. The zero-order valence-corrected chi connectivity index (χ0v) is 20.2. The van der Waals surface area contributed by atoms with Gasteiger partial charge in [-0.15, -0.1) is 0 Å². The summed E-state index contributed by atoms with van der Waals surface area (Å²) in [6.45, 7) is 0.596. The highest BCUT2D eigenvalue weighted by atomic mass is 19.4. The lowest BCUT2D eigenvalue weighted by molar-refractivity contribution is -0.154. The Balaban J connectivity index is 1.04. The molecular weight excluding hydrogens is 496 g/mol. The van der Waals surface area contributed by atoms with E-state index in [9.17, 15) is 27.2 Å². The van der Waals surface area contributed by atoms with Gasteiger partial charge in [-0.05, 0) is 43.4 Å². The van der Waals surface area contributed by atoms with Gasteiger partial charge in [-0.2, -0.15) is 13.2 Å². The lowest BCUT2D eigenvalue weighted by Crippen LogP contribution is -2.63. The van der Waals surface area contributed by atoms with Crippen molar-refractivity contribution >= 4 is 12.0 Å². The van der Waals surface area contributed by atoms with Gasteiger partial charge in [-0.25, -0.2) is 14.2 Å². The van der Waals surface area contributed by atoms with E-state index in [1.54, 1.807) is 11.2 Å². The largest absolute Gasteiger partial charge is 0.481 e. The van der Waals surface area contributed by atoms with Crippen LogP contribution in [0.25, 0.3) is 0 Å². The van der Waals surface area contributed by atoms with Gasteiger partial charge < -0.3 is 24.3 Å². The Morgan fingerprint density at radius 3 is 2.62 bits per heavy atom. The number of benzene rings is 1. The quantitative estimate of drug-likeness (QED) is 0.601. The van der Waals surface area contributed by atoms with Crippen LogP contribution in [0.3, 0.4) is 0 Å². The highest BCUT2D eigenvalue weighted by Crippen LogP contribution is 2.42. The number of alkyl halides is 3. The first-order valence-electron chi connectivity index (χ1n) is 12.3. The monoisotopic (exact) mass is 524 g/mol. The van der Waals surface area contributed by atoms with Crippen LogP contribution in [0.1, 0.15) is 36.2 Å². The van der Waals surface area contributed by atoms with Crippen LogP contribution >= 0.6 is 0 Å². The first-order chi connectivity index (χ1) is 17.6. The van der Waals surface area contributed by atoms with Crippen LogP contribution in [0.5, 0.6) is 5.75 Å². The topological polar surface area (TPSA) is 87.8 Å². The zero-order valence-electron chi connectivity index (χ0n) is 20.2. The molecule has 2 aromatic rings. The molecule has 1 aromatic heterocycles. The summed E-state index contributed by atoms with van der Waals surface area (Å²) < 4.78 is 60.5. The molecular formula is C25H28F4N4O4. The van der Waals surface area contributed by atoms with Crippen LogP contribution in [0.4, 0.5) is 22.4 Å². The average molecular weight is 525 g/mol. The molecule has 1 N–H and O–H groups in total. The van der Waals surface area contributed by atoms with Crippen molar-refractivity contribution in [2.45, 2.75) is 44.9 Å². The van der Waals surface area contributed by atoms with Crippen LogP contribution in [-0.2, 0) is 29.0 Å². The third kappa shape index (κ3) is 5.67. The molecule has 0 bridgehead atoms. The molecule has 1 spiro atoms. The number of hydrogen-bond acceptors (Lipinski definition) is 5. The van der Waals surface area contributed by atoms with Crippen LogP contribution in [0, 0.1) is 17.2 Å². The highest BCUT2D eigenvalue weighted by molar-refractivity contribution is 5.80. The molecule has 1 unspecified atom stereocenters. The molecule has 0 radical (unpaired) electrons. The molecule has 2 saturated heterocycles. The number of H-pyrrole nitrogens is 1. The first kappa shape index (κ1) is 25.3. The summed E-state index contributed by atoms with van der Waals surface area (Å²) in [6, 6.07) is 3.43. The lowest BCUT2D eigenvalue weighted by atomic mass is 9.71. The number of nitrogens with one attached hydrogen (secondary N) is 1. The number of fused-ring (bicyclic) bond motifs is 1. The number of imidazole rings is 1. The van der Waals surface area contributed by atoms with Gasteiger partial charge in [0.2, 0.25) is 5.91 Å². The van der Waals surface area contributed by atoms with Crippen LogP contribution < -0.4 is 4.74 Å². The molecule has 0 saturated carbocycles. The second-order valence-electron chi connectivity index (χ2n) is 10.2. The van der Waals surface area contributed by atoms with Crippen molar-refractivity contribution in [3.05, 3.63) is 47.3 Å². The number of aromatic amines is 1. The third-order valence-electron chi connectivity index (χ3n) is 7.53. The van der Waals surface area contributed by atoms with Gasteiger partial charge in [0.05, 0.1) is 12.0 Å². The maximum Gasteiger partial charge on any atom is 0.422 e. The summed E-state index contributed by atoms with van der Waals surface area (Å²) in [6.07, 6.45) is 0.438. The number of likely N-dealkylation sites (tertiary alicyclic amines) is 2. The van der Waals surface area contributed by atoms with Crippen molar-refractivity contribution in [2.75, 3.05) is 32.8 Å². The molecule has 37 heavy (non-hydrogen) atoms. The summed E-state index contributed by atoms with van der Waals surface area (Å²) >= 11 is 0. The Morgan fingerprint density at radius 1 is 1.16 bits per heavy atom. The normalized spacial score (nSPS) is 20.8. The third-order valence-corrected chi connectivity index (χ3v) is 7.53. The fourth-order valence-corrected chi connectivity index (χ4v) is 5.42. The second kappa shape index (κ2) is 9.86. The van der Waals surface area contributed by atoms with E-state index >= 15 is 0 Å². The van der Waals surface area contributed by atoms with Gasteiger partial charge in [0.1, 0.15) is 6.61 Å². The Bertz CT molecular complexity index is 1150. The lowest BCUT2D eigenvalue weighted by Gasteiger charge is -2.54. The molecule has 1 aromatic carbocycles. The molecule has 200 valence electrons. The van der Waals surface area contributed by atoms with Gasteiger partial charge >= 0.3 is 12.3 Å². The number of rotatable bonds is 5. The summed E-state index contributed by atoms with van der Waals surface area (Å²) in [4.78, 5) is 36.4. The minimum absolute atomic E-state index is 0.0181. The minimum Gasteiger partial charge on any atom is -0.481 e. The maximum absolute atomic E-state index is 14.0. The van der Waals surface area contributed by atoms with Crippen molar-refractivity contribution in [3.8, 4) is 5.75 Å². The Kier molecular flexibility index (Phi) is 6.76. The maximum atomic E-state index is 14.0. The molecule has 3 heterocycles. The Morgan fingerprint density at radius 2 is 1.92 bits per heavy atom. The average Bonchev–Trinajstić information content (AvgIpc) is 3.32. The number of piperidine rings is 1. The number of aryl methyl sites for hydroxylation is 1. The molecule has 5 rings (SSSR count). The standard InChI is InChI=1S/C25H28F4N4O4/c26-18-9-16(1-4-21(18)37-14-25(27,28)29)11-36-23(35)32-7-5-24(6-8-32)12-33(13-24)22(34)17-2-3-19-20(10-17)31-15-30-19/h1,4,9,15,17H,2-3,5-8,10-14H2,(H,30,31). The molecule has 1 aliphatic carbocycles. The first-order valence-corrected chi connectivity index (χ1v) is 12.3. The highest BCUT2D eigenvalue weighted by Gasteiger charge is 2.48. The number of aromatic nitrogens is 2. The molecule has 8 nitrogen and oxygen atoms in total. The van der Waals surface area contributed by atoms with Crippen LogP contribution in [0.2, 0.25) is 0 Å². The van der Waals surface area contributed by atoms with Crippen LogP contribution in [0.15, 0.2) is 24.5 Å². The number of carbonyl (C=O) groups excluding carboxylic acids is 2. The van der Waals surface area contributed by atoms with Crippen molar-refractivity contribution in [3.63, 3.8) is 0 Å². The number of ether oxygens (including phenoxy) is 2. The predicted molar refractivity (Wildman–Crippen MR) is 122 cm³/mol. The van der Waals surface area contributed by atoms with Crippen molar-refractivity contribution < 1.29 is 36.6 Å². The molecule has 2 aliphatic heterocycles. The van der Waals surface area contributed by atoms with E-state index in [1.165, 1.54) is 6.07 Å². The SMILES string of the molecule is O=C(OCc1ccc(OCC(F)(F)F)c(F)c1)N1CCC2(CC1)CN(C(=O)C1CCc3nc[nH]c3C1)C2. The van der Waals surface area contributed by atoms with Crippen LogP contribution in [-0.4, -0.2) is 70.7 Å². The van der Waals surface area contributed by atoms with E-state index in [0.717, 1.165) is 49.2 Å².